The first-order chi connectivity index (χ1) is 15.2. The monoisotopic (exact) mass is 434 g/mol. The predicted octanol–water partition coefficient (Wildman–Crippen LogP) is 2.28. The third-order valence-corrected chi connectivity index (χ3v) is 6.07. The van der Waals surface area contributed by atoms with E-state index in [-0.39, 0.29) is 5.91 Å². The molecule has 1 unspecified atom stereocenters. The Hall–Kier alpha value is -3.68. The van der Waals surface area contributed by atoms with Crippen molar-refractivity contribution in [3.05, 3.63) is 64.7 Å². The molecule has 2 aromatic carbocycles. The van der Waals surface area contributed by atoms with Crippen LogP contribution in [0.25, 0.3) is 0 Å². The van der Waals surface area contributed by atoms with E-state index >= 15 is 0 Å². The molecular formula is C24H26N4O4. The van der Waals surface area contributed by atoms with Gasteiger partial charge in [-0.2, -0.15) is 0 Å². The van der Waals surface area contributed by atoms with Crippen molar-refractivity contribution in [3.63, 3.8) is 0 Å². The first-order valence-corrected chi connectivity index (χ1v) is 10.6. The Morgan fingerprint density at radius 1 is 1.06 bits per heavy atom. The van der Waals surface area contributed by atoms with Gasteiger partial charge in [-0.25, -0.2) is 4.79 Å². The van der Waals surface area contributed by atoms with Crippen LogP contribution in [0, 0.1) is 0 Å². The van der Waals surface area contributed by atoms with Crippen molar-refractivity contribution in [3.8, 4) is 0 Å². The smallest absolute Gasteiger partial charge is 0.325 e. The topological polar surface area (TPSA) is 98.8 Å². The summed E-state index contributed by atoms with van der Waals surface area (Å²) in [6.07, 6.45) is 3.09. The summed E-state index contributed by atoms with van der Waals surface area (Å²) in [7, 11) is 3.32. The molecule has 0 spiro atoms. The van der Waals surface area contributed by atoms with Gasteiger partial charge in [0.2, 0.25) is 5.91 Å². The van der Waals surface area contributed by atoms with E-state index in [0.717, 1.165) is 29.7 Å². The summed E-state index contributed by atoms with van der Waals surface area (Å²) in [5, 5.41) is 5.42. The van der Waals surface area contributed by atoms with E-state index in [2.05, 4.69) is 10.6 Å². The van der Waals surface area contributed by atoms with Gasteiger partial charge in [0, 0.05) is 25.3 Å². The van der Waals surface area contributed by atoms with Gasteiger partial charge in [0.25, 0.3) is 11.8 Å². The number of benzene rings is 2. The van der Waals surface area contributed by atoms with Crippen molar-refractivity contribution in [1.29, 1.82) is 0 Å². The zero-order valence-electron chi connectivity index (χ0n) is 18.4. The van der Waals surface area contributed by atoms with Crippen LogP contribution in [-0.2, 0) is 28.0 Å². The van der Waals surface area contributed by atoms with Crippen LogP contribution in [-0.4, -0.2) is 54.2 Å². The maximum Gasteiger partial charge on any atom is 0.325 e. The molecule has 0 bridgehead atoms. The zero-order valence-corrected chi connectivity index (χ0v) is 18.4. The highest BCUT2D eigenvalue weighted by atomic mass is 16.2. The highest BCUT2D eigenvalue weighted by Crippen LogP contribution is 2.32. The maximum absolute atomic E-state index is 13.1. The maximum atomic E-state index is 13.1. The fourth-order valence-electron chi connectivity index (χ4n) is 4.22. The van der Waals surface area contributed by atoms with Gasteiger partial charge in [-0.15, -0.1) is 0 Å². The molecule has 1 aliphatic heterocycles. The summed E-state index contributed by atoms with van der Waals surface area (Å²) in [4.78, 5) is 52.6. The van der Waals surface area contributed by atoms with Gasteiger partial charge in [-0.1, -0.05) is 18.2 Å². The lowest BCUT2D eigenvalue weighted by Gasteiger charge is -2.23. The Kier molecular flexibility index (Phi) is 5.46. The van der Waals surface area contributed by atoms with Gasteiger partial charge >= 0.3 is 6.03 Å². The van der Waals surface area contributed by atoms with Crippen LogP contribution in [0.2, 0.25) is 0 Å². The molecule has 2 aliphatic rings. The highest BCUT2D eigenvalue weighted by Gasteiger charge is 2.49. The average Bonchev–Trinajstić information content (AvgIpc) is 3.32. The minimum Gasteiger partial charge on any atom is -0.345 e. The lowest BCUT2D eigenvalue weighted by Crippen LogP contribution is -2.42. The van der Waals surface area contributed by atoms with E-state index in [4.69, 9.17) is 0 Å². The molecule has 166 valence electrons. The Morgan fingerprint density at radius 3 is 2.44 bits per heavy atom. The Labute approximate surface area is 186 Å². The molecule has 32 heavy (non-hydrogen) atoms. The third-order valence-electron chi connectivity index (χ3n) is 6.07. The van der Waals surface area contributed by atoms with Crippen LogP contribution in [0.3, 0.4) is 0 Å². The second kappa shape index (κ2) is 8.11. The van der Waals surface area contributed by atoms with Crippen LogP contribution in [0.4, 0.5) is 10.5 Å². The van der Waals surface area contributed by atoms with Crippen molar-refractivity contribution >= 4 is 29.4 Å². The van der Waals surface area contributed by atoms with Crippen LogP contribution in [0.5, 0.6) is 0 Å². The molecule has 0 radical (unpaired) electrons. The second-order valence-corrected chi connectivity index (χ2v) is 8.61. The molecule has 1 fully saturated rings. The van der Waals surface area contributed by atoms with Crippen LogP contribution in [0.15, 0.2) is 42.5 Å². The number of carbonyl (C=O) groups is 4. The quantitative estimate of drug-likeness (QED) is 0.706. The van der Waals surface area contributed by atoms with E-state index in [1.807, 2.05) is 18.2 Å². The molecule has 1 saturated heterocycles. The average molecular weight is 434 g/mol. The number of urea groups is 1. The normalized spacial score (nSPS) is 19.5. The number of nitrogens with zero attached hydrogens (tertiary/aromatic N) is 2. The Balaban J connectivity index is 1.44. The first-order valence-electron chi connectivity index (χ1n) is 10.6. The second-order valence-electron chi connectivity index (χ2n) is 8.61. The van der Waals surface area contributed by atoms with Crippen LogP contribution in [0.1, 0.15) is 40.4 Å². The molecule has 5 amide bonds. The summed E-state index contributed by atoms with van der Waals surface area (Å²) >= 11 is 0. The number of aryl methyl sites for hydroxylation is 2. The number of hydrogen-bond acceptors (Lipinski definition) is 4. The number of hydrogen-bond donors (Lipinski definition) is 2. The number of imide groups is 1. The largest absolute Gasteiger partial charge is 0.345 e. The lowest BCUT2D eigenvalue weighted by atomic mass is 9.89. The van der Waals surface area contributed by atoms with Crippen LogP contribution >= 0.6 is 0 Å². The van der Waals surface area contributed by atoms with Gasteiger partial charge in [0.1, 0.15) is 12.1 Å². The fourth-order valence-corrected chi connectivity index (χ4v) is 4.22. The van der Waals surface area contributed by atoms with Crippen molar-refractivity contribution in [2.45, 2.75) is 31.7 Å². The molecular weight excluding hydrogens is 408 g/mol. The Morgan fingerprint density at radius 2 is 1.75 bits per heavy atom. The van der Waals surface area contributed by atoms with Gasteiger partial charge in [0.05, 0.1) is 0 Å². The highest BCUT2D eigenvalue weighted by molar-refractivity contribution is 6.10. The molecule has 2 N–H and O–H groups in total. The molecule has 1 aliphatic carbocycles. The predicted molar refractivity (Wildman–Crippen MR) is 119 cm³/mol. The SMILES string of the molecule is CN(C)C(=O)c1ccc(NC(=O)CN2C(=O)NC(C)(c3ccc4c(c3)CCC4)C2=O)cc1. The third kappa shape index (κ3) is 3.84. The van der Waals surface area contributed by atoms with E-state index in [1.54, 1.807) is 45.3 Å². The summed E-state index contributed by atoms with van der Waals surface area (Å²) in [5.41, 5.74) is 2.97. The fraction of sp³-hybridized carbons (Fsp3) is 0.333. The standard InChI is InChI=1S/C24H26N4O4/c1-24(18-10-7-15-5-4-6-17(15)13-18)22(31)28(23(32)26-24)14-20(29)25-19-11-8-16(9-12-19)21(30)27(2)3/h7-13H,4-6,14H2,1-3H3,(H,25,29)(H,26,32). The minimum atomic E-state index is -1.21. The van der Waals surface area contributed by atoms with E-state index < -0.39 is 29.9 Å². The molecule has 0 saturated carbocycles. The van der Waals surface area contributed by atoms with Crippen molar-refractivity contribution in [1.82, 2.24) is 15.1 Å². The van der Waals surface area contributed by atoms with E-state index in [0.29, 0.717) is 11.3 Å². The van der Waals surface area contributed by atoms with Gasteiger partial charge in [0.15, 0.2) is 0 Å². The number of amides is 5. The van der Waals surface area contributed by atoms with E-state index in [9.17, 15) is 19.2 Å². The van der Waals surface area contributed by atoms with Crippen molar-refractivity contribution in [2.24, 2.45) is 0 Å². The lowest BCUT2D eigenvalue weighted by molar-refractivity contribution is -0.133. The minimum absolute atomic E-state index is 0.145. The number of rotatable bonds is 5. The molecule has 0 aromatic heterocycles. The van der Waals surface area contributed by atoms with Crippen molar-refractivity contribution in [2.75, 3.05) is 26.0 Å². The summed E-state index contributed by atoms with van der Waals surface area (Å²) in [5.74, 6) is -1.10. The number of carbonyl (C=O) groups excluding carboxylic acids is 4. The van der Waals surface area contributed by atoms with Crippen molar-refractivity contribution < 1.29 is 19.2 Å². The summed E-state index contributed by atoms with van der Waals surface area (Å²) in [6, 6.07) is 11.7. The molecule has 2 aromatic rings. The van der Waals surface area contributed by atoms with Gasteiger partial charge in [-0.3, -0.25) is 19.3 Å². The summed E-state index contributed by atoms with van der Waals surface area (Å²) in [6.45, 7) is 1.27. The number of fused-ring (bicyclic) bond motifs is 1. The molecule has 1 atom stereocenters. The Bertz CT molecular complexity index is 1110. The van der Waals surface area contributed by atoms with Gasteiger partial charge < -0.3 is 15.5 Å². The molecule has 8 nitrogen and oxygen atoms in total. The molecule has 1 heterocycles. The van der Waals surface area contributed by atoms with Crippen LogP contribution < -0.4 is 10.6 Å². The zero-order chi connectivity index (χ0) is 23.0. The summed E-state index contributed by atoms with van der Waals surface area (Å²) < 4.78 is 0. The van der Waals surface area contributed by atoms with E-state index in [1.165, 1.54) is 16.0 Å². The number of nitrogens with one attached hydrogen (secondary N) is 2. The number of anilines is 1. The first kappa shape index (κ1) is 21.5. The van der Waals surface area contributed by atoms with Gasteiger partial charge in [-0.05, 0) is 67.1 Å². The molecule has 8 heteroatoms. The molecule has 4 rings (SSSR count).